The molecule has 0 radical (unpaired) electrons. The summed E-state index contributed by atoms with van der Waals surface area (Å²) in [6.45, 7) is 8.82. The van der Waals surface area contributed by atoms with Gasteiger partial charge in [-0.05, 0) is 37.1 Å². The Morgan fingerprint density at radius 2 is 2.05 bits per heavy atom. The molecule has 0 atom stereocenters. The van der Waals surface area contributed by atoms with Gasteiger partial charge in [0.25, 0.3) is 0 Å². The van der Waals surface area contributed by atoms with Crippen molar-refractivity contribution in [1.29, 1.82) is 0 Å². The zero-order chi connectivity index (χ0) is 15.7. The number of nitrogens with one attached hydrogen (secondary N) is 1. The topological polar surface area (TPSA) is 24.5 Å². The van der Waals surface area contributed by atoms with Gasteiger partial charge in [-0.25, -0.2) is 0 Å². The van der Waals surface area contributed by atoms with Crippen LogP contribution in [0.1, 0.15) is 57.1 Å². The Kier molecular flexibility index (Phi) is 4.18. The number of ether oxygens (including phenoxy) is 1. The van der Waals surface area contributed by atoms with E-state index in [0.29, 0.717) is 5.92 Å². The maximum Gasteiger partial charge on any atom is 0.183 e. The van der Waals surface area contributed by atoms with Crippen LogP contribution in [0.5, 0.6) is 5.75 Å². The molecule has 0 bridgehead atoms. The summed E-state index contributed by atoms with van der Waals surface area (Å²) < 4.78 is 6.44. The van der Waals surface area contributed by atoms with E-state index in [4.69, 9.17) is 4.74 Å². The Balaban J connectivity index is 1.97. The van der Waals surface area contributed by atoms with E-state index in [1.54, 1.807) is 0 Å². The van der Waals surface area contributed by atoms with Crippen LogP contribution in [0.15, 0.2) is 24.3 Å². The molecule has 3 heteroatoms. The van der Waals surface area contributed by atoms with Gasteiger partial charge in [-0.3, -0.25) is 0 Å². The summed E-state index contributed by atoms with van der Waals surface area (Å²) in [7, 11) is 2.18. The Labute approximate surface area is 134 Å². The van der Waals surface area contributed by atoms with Crippen LogP contribution in [0.4, 0.5) is 0 Å². The normalized spacial score (nSPS) is 22.5. The maximum absolute atomic E-state index is 6.44. The number of rotatable bonds is 2. The molecule has 1 aromatic carbocycles. The van der Waals surface area contributed by atoms with E-state index in [2.05, 4.69) is 62.3 Å². The van der Waals surface area contributed by atoms with Gasteiger partial charge >= 0.3 is 0 Å². The van der Waals surface area contributed by atoms with E-state index < -0.39 is 0 Å². The van der Waals surface area contributed by atoms with Gasteiger partial charge in [0.1, 0.15) is 5.75 Å². The predicted octanol–water partition coefficient (Wildman–Crippen LogP) is 3.96. The smallest absolute Gasteiger partial charge is 0.183 e. The van der Waals surface area contributed by atoms with Crippen molar-refractivity contribution < 1.29 is 4.74 Å². The van der Waals surface area contributed by atoms with Crippen LogP contribution in [-0.2, 0) is 0 Å². The lowest BCUT2D eigenvalue weighted by Crippen LogP contribution is -2.57. The number of likely N-dealkylation sites (tertiary alicyclic amines) is 1. The van der Waals surface area contributed by atoms with Crippen molar-refractivity contribution in [2.24, 2.45) is 0 Å². The van der Waals surface area contributed by atoms with E-state index in [0.717, 1.165) is 38.1 Å². The highest BCUT2D eigenvalue weighted by atomic mass is 16.5. The molecule has 3 nitrogen and oxygen atoms in total. The van der Waals surface area contributed by atoms with Crippen molar-refractivity contribution >= 4 is 5.70 Å². The minimum Gasteiger partial charge on any atom is -0.467 e. The first kappa shape index (κ1) is 15.4. The summed E-state index contributed by atoms with van der Waals surface area (Å²) in [4.78, 5) is 2.37. The third kappa shape index (κ3) is 2.87. The molecular formula is C19H28N2O. The lowest BCUT2D eigenvalue weighted by molar-refractivity contribution is -0.0132. The minimum atomic E-state index is -0.222. The maximum atomic E-state index is 6.44. The van der Waals surface area contributed by atoms with Gasteiger partial charge in [-0.1, -0.05) is 32.9 Å². The third-order valence-electron chi connectivity index (χ3n) is 4.83. The molecule has 120 valence electrons. The molecule has 0 unspecified atom stereocenters. The molecule has 22 heavy (non-hydrogen) atoms. The van der Waals surface area contributed by atoms with Gasteiger partial charge in [0, 0.05) is 37.2 Å². The number of hydrogen-bond acceptors (Lipinski definition) is 3. The SMILES string of the molecule is CC/C=C1\NC2(CCN(C)CC2)Oc2ccc(C(C)C)cc21. The molecule has 2 aliphatic rings. The van der Waals surface area contributed by atoms with Crippen molar-refractivity contribution in [3.8, 4) is 5.75 Å². The summed E-state index contributed by atoms with van der Waals surface area (Å²) in [5.41, 5.74) is 3.61. The molecule has 1 spiro atoms. The molecule has 2 aliphatic heterocycles. The van der Waals surface area contributed by atoms with E-state index in [1.807, 2.05) is 0 Å². The van der Waals surface area contributed by atoms with Gasteiger partial charge in [0.05, 0.1) is 0 Å². The number of hydrogen-bond donors (Lipinski definition) is 1. The second kappa shape index (κ2) is 5.96. The Bertz CT molecular complexity index is 569. The van der Waals surface area contributed by atoms with Crippen LogP contribution < -0.4 is 10.1 Å². The molecule has 1 fully saturated rings. The third-order valence-corrected chi connectivity index (χ3v) is 4.83. The molecular weight excluding hydrogens is 272 g/mol. The lowest BCUT2D eigenvalue weighted by atomic mass is 9.93. The molecule has 1 saturated heterocycles. The van der Waals surface area contributed by atoms with Crippen molar-refractivity contribution in [2.75, 3.05) is 20.1 Å². The Morgan fingerprint density at radius 3 is 2.68 bits per heavy atom. The van der Waals surface area contributed by atoms with Crippen LogP contribution in [0.2, 0.25) is 0 Å². The number of nitrogens with zero attached hydrogens (tertiary/aromatic N) is 1. The first-order valence-electron chi connectivity index (χ1n) is 8.53. The second-order valence-corrected chi connectivity index (χ2v) is 6.96. The van der Waals surface area contributed by atoms with Gasteiger partial charge < -0.3 is 15.0 Å². The number of allylic oxidation sites excluding steroid dienone is 1. The van der Waals surface area contributed by atoms with Crippen LogP contribution in [-0.4, -0.2) is 30.8 Å². The predicted molar refractivity (Wildman–Crippen MR) is 92.0 cm³/mol. The summed E-state index contributed by atoms with van der Waals surface area (Å²) in [6, 6.07) is 6.66. The fourth-order valence-electron chi connectivity index (χ4n) is 3.33. The van der Waals surface area contributed by atoms with Crippen molar-refractivity contribution in [2.45, 2.75) is 51.7 Å². The van der Waals surface area contributed by atoms with Crippen LogP contribution in [0.25, 0.3) is 5.70 Å². The number of piperidine rings is 1. The molecule has 0 aromatic heterocycles. The largest absolute Gasteiger partial charge is 0.467 e. The number of benzene rings is 1. The molecule has 2 heterocycles. The standard InChI is InChI=1S/C19H28N2O/c1-5-6-17-16-13-15(14(2)3)7-8-18(16)22-19(20-17)9-11-21(4)12-10-19/h6-8,13-14,20H,5,9-12H2,1-4H3/b17-6-. The second-order valence-electron chi connectivity index (χ2n) is 6.96. The van der Waals surface area contributed by atoms with E-state index in [-0.39, 0.29) is 5.72 Å². The number of fused-ring (bicyclic) bond motifs is 1. The Hall–Kier alpha value is -1.48. The van der Waals surface area contributed by atoms with Crippen molar-refractivity contribution in [3.05, 3.63) is 35.4 Å². The molecule has 3 rings (SSSR count). The average Bonchev–Trinajstić information content (AvgIpc) is 2.50. The fourth-order valence-corrected chi connectivity index (χ4v) is 3.33. The zero-order valence-electron chi connectivity index (χ0n) is 14.3. The summed E-state index contributed by atoms with van der Waals surface area (Å²) in [6.07, 6.45) is 5.38. The van der Waals surface area contributed by atoms with Crippen molar-refractivity contribution in [1.82, 2.24) is 10.2 Å². The van der Waals surface area contributed by atoms with Gasteiger partial charge in [0.15, 0.2) is 5.72 Å². The highest BCUT2D eigenvalue weighted by Gasteiger charge is 2.40. The minimum absolute atomic E-state index is 0.222. The monoisotopic (exact) mass is 300 g/mol. The van der Waals surface area contributed by atoms with Crippen LogP contribution >= 0.6 is 0 Å². The molecule has 1 N–H and O–H groups in total. The van der Waals surface area contributed by atoms with Gasteiger partial charge in [-0.2, -0.15) is 0 Å². The molecule has 0 saturated carbocycles. The summed E-state index contributed by atoms with van der Waals surface area (Å²) >= 11 is 0. The first-order chi connectivity index (χ1) is 10.5. The quantitative estimate of drug-likeness (QED) is 0.894. The average molecular weight is 300 g/mol. The molecule has 1 aromatic rings. The van der Waals surface area contributed by atoms with Crippen molar-refractivity contribution in [3.63, 3.8) is 0 Å². The summed E-state index contributed by atoms with van der Waals surface area (Å²) in [5.74, 6) is 1.57. The van der Waals surface area contributed by atoms with E-state index in [1.165, 1.54) is 16.8 Å². The Morgan fingerprint density at radius 1 is 1.32 bits per heavy atom. The van der Waals surface area contributed by atoms with Gasteiger partial charge in [-0.15, -0.1) is 0 Å². The van der Waals surface area contributed by atoms with Crippen LogP contribution in [0, 0.1) is 0 Å². The van der Waals surface area contributed by atoms with Gasteiger partial charge in [0.2, 0.25) is 0 Å². The van der Waals surface area contributed by atoms with Crippen LogP contribution in [0.3, 0.4) is 0 Å². The fraction of sp³-hybridized carbons (Fsp3) is 0.579. The highest BCUT2D eigenvalue weighted by Crippen LogP contribution is 2.39. The van der Waals surface area contributed by atoms with E-state index >= 15 is 0 Å². The molecule has 0 aliphatic carbocycles. The highest BCUT2D eigenvalue weighted by molar-refractivity contribution is 5.72. The lowest BCUT2D eigenvalue weighted by Gasteiger charge is -2.45. The zero-order valence-corrected chi connectivity index (χ0v) is 14.3. The first-order valence-corrected chi connectivity index (χ1v) is 8.53. The van der Waals surface area contributed by atoms with E-state index in [9.17, 15) is 0 Å². The summed E-state index contributed by atoms with van der Waals surface area (Å²) in [5, 5.41) is 3.72. The molecule has 0 amide bonds.